The monoisotopic (exact) mass is 465 g/mol. The van der Waals surface area contributed by atoms with Gasteiger partial charge in [0.1, 0.15) is 5.75 Å². The number of hydrogen-bond donors (Lipinski definition) is 4. The van der Waals surface area contributed by atoms with Crippen LogP contribution in [0.2, 0.25) is 0 Å². The van der Waals surface area contributed by atoms with Crippen LogP contribution in [-0.4, -0.2) is 22.8 Å². The quantitative estimate of drug-likeness (QED) is 0.283. The normalized spacial score (nSPS) is 10.4. The van der Waals surface area contributed by atoms with Gasteiger partial charge < -0.3 is 21.1 Å². The maximum absolute atomic E-state index is 12.8. The van der Waals surface area contributed by atoms with Gasteiger partial charge in [-0.15, -0.1) is 0 Å². The number of phenols is 1. The molecule has 0 saturated heterocycles. The summed E-state index contributed by atoms with van der Waals surface area (Å²) in [6.07, 6.45) is 1.16. The number of aromatic hydroxyl groups is 1. The van der Waals surface area contributed by atoms with Gasteiger partial charge in [-0.2, -0.15) is 0 Å². The molecule has 3 amide bonds. The van der Waals surface area contributed by atoms with Crippen molar-refractivity contribution in [3.63, 3.8) is 0 Å². The molecular formula is C28H23N3O4. The van der Waals surface area contributed by atoms with Crippen molar-refractivity contribution in [3.8, 4) is 5.75 Å². The minimum absolute atomic E-state index is 0.121. The lowest BCUT2D eigenvalue weighted by molar-refractivity contribution is -0.111. The molecule has 0 aromatic heterocycles. The molecule has 0 heterocycles. The second-order valence-corrected chi connectivity index (χ2v) is 7.93. The summed E-state index contributed by atoms with van der Waals surface area (Å²) in [5.74, 6) is -1.34. The van der Waals surface area contributed by atoms with Gasteiger partial charge in [-0.1, -0.05) is 43.0 Å². The van der Waals surface area contributed by atoms with Gasteiger partial charge in [-0.25, -0.2) is 0 Å². The van der Waals surface area contributed by atoms with E-state index in [1.807, 2.05) is 31.2 Å². The number of fused-ring (bicyclic) bond motifs is 1. The molecule has 0 bridgehead atoms. The number of anilines is 3. The van der Waals surface area contributed by atoms with Crippen LogP contribution in [0.3, 0.4) is 0 Å². The fraction of sp³-hybridized carbons (Fsp3) is 0.0357. The van der Waals surface area contributed by atoms with Crippen LogP contribution < -0.4 is 16.0 Å². The summed E-state index contributed by atoms with van der Waals surface area (Å²) in [5.41, 5.74) is 2.73. The molecule has 4 aromatic carbocycles. The molecule has 0 aliphatic heterocycles. The summed E-state index contributed by atoms with van der Waals surface area (Å²) in [4.78, 5) is 37.2. The lowest BCUT2D eigenvalue weighted by atomic mass is 10.1. The third-order valence-corrected chi connectivity index (χ3v) is 5.43. The minimum atomic E-state index is -0.474. The SMILES string of the molecule is C=CC(=O)Nc1cc(C(=O)Nc2cccc(NC(=O)c3cc4ccccc4cc3O)c2)ccc1C. The molecular weight excluding hydrogens is 442 g/mol. The Bertz CT molecular complexity index is 1480. The van der Waals surface area contributed by atoms with Crippen molar-refractivity contribution in [1.82, 2.24) is 0 Å². The molecule has 0 spiro atoms. The largest absolute Gasteiger partial charge is 0.507 e. The molecule has 174 valence electrons. The highest BCUT2D eigenvalue weighted by atomic mass is 16.3. The molecule has 0 aliphatic rings. The smallest absolute Gasteiger partial charge is 0.259 e. The van der Waals surface area contributed by atoms with Crippen molar-refractivity contribution in [2.24, 2.45) is 0 Å². The maximum Gasteiger partial charge on any atom is 0.259 e. The average molecular weight is 466 g/mol. The summed E-state index contributed by atoms with van der Waals surface area (Å²) >= 11 is 0. The van der Waals surface area contributed by atoms with E-state index in [0.717, 1.165) is 22.4 Å². The molecule has 0 saturated carbocycles. The predicted molar refractivity (Wildman–Crippen MR) is 138 cm³/mol. The topological polar surface area (TPSA) is 108 Å². The molecule has 4 rings (SSSR count). The molecule has 0 unspecified atom stereocenters. The van der Waals surface area contributed by atoms with Crippen LogP contribution in [0.15, 0.2) is 91.5 Å². The highest BCUT2D eigenvalue weighted by molar-refractivity contribution is 6.09. The molecule has 0 fully saturated rings. The lowest BCUT2D eigenvalue weighted by Gasteiger charge is -2.12. The first-order valence-electron chi connectivity index (χ1n) is 10.8. The number of carbonyl (C=O) groups excluding carboxylic acids is 3. The Hall–Kier alpha value is -4.91. The Kier molecular flexibility index (Phi) is 6.59. The molecule has 7 heteroatoms. The minimum Gasteiger partial charge on any atom is -0.507 e. The van der Waals surface area contributed by atoms with E-state index in [0.29, 0.717) is 22.6 Å². The van der Waals surface area contributed by atoms with Crippen LogP contribution in [0.1, 0.15) is 26.3 Å². The van der Waals surface area contributed by atoms with Crippen molar-refractivity contribution in [2.75, 3.05) is 16.0 Å². The first-order valence-corrected chi connectivity index (χ1v) is 10.8. The summed E-state index contributed by atoms with van der Waals surface area (Å²) in [6, 6.07) is 22.3. The van der Waals surface area contributed by atoms with Crippen molar-refractivity contribution in [3.05, 3.63) is 108 Å². The number of nitrogens with one attached hydrogen (secondary N) is 3. The van der Waals surface area contributed by atoms with Crippen LogP contribution in [0, 0.1) is 6.92 Å². The second-order valence-electron chi connectivity index (χ2n) is 7.93. The number of aryl methyl sites for hydroxylation is 1. The molecule has 4 N–H and O–H groups in total. The van der Waals surface area contributed by atoms with Crippen LogP contribution in [0.4, 0.5) is 17.1 Å². The Morgan fingerprint density at radius 3 is 2.11 bits per heavy atom. The average Bonchev–Trinajstić information content (AvgIpc) is 2.85. The van der Waals surface area contributed by atoms with Crippen LogP contribution in [0.5, 0.6) is 5.75 Å². The van der Waals surface area contributed by atoms with Gasteiger partial charge >= 0.3 is 0 Å². The number of rotatable bonds is 6. The van der Waals surface area contributed by atoms with E-state index in [9.17, 15) is 19.5 Å². The van der Waals surface area contributed by atoms with Crippen molar-refractivity contribution >= 4 is 45.6 Å². The van der Waals surface area contributed by atoms with Gasteiger partial charge in [0.15, 0.2) is 0 Å². The Labute approximate surface area is 202 Å². The van der Waals surface area contributed by atoms with Crippen LogP contribution >= 0.6 is 0 Å². The first-order chi connectivity index (χ1) is 16.8. The standard InChI is InChI=1S/C28H23N3O4/c1-3-26(33)31-24-14-20(12-11-17(24)2)27(34)29-21-9-6-10-22(16-21)30-28(35)23-13-18-7-4-5-8-19(18)15-25(23)32/h3-16,32H,1H2,2H3,(H,29,34)(H,30,35)(H,31,33). The predicted octanol–water partition coefficient (Wildman–Crippen LogP) is 5.48. The molecule has 0 radical (unpaired) electrons. The third kappa shape index (κ3) is 5.36. The van der Waals surface area contributed by atoms with E-state index in [2.05, 4.69) is 22.5 Å². The Morgan fingerprint density at radius 2 is 1.43 bits per heavy atom. The van der Waals surface area contributed by atoms with Crippen LogP contribution in [-0.2, 0) is 4.79 Å². The summed E-state index contributed by atoms with van der Waals surface area (Å²) < 4.78 is 0. The summed E-state index contributed by atoms with van der Waals surface area (Å²) in [5, 5.41) is 20.2. The first kappa shape index (κ1) is 23.3. The van der Waals surface area contributed by atoms with Gasteiger partial charge in [-0.05, 0) is 71.8 Å². The van der Waals surface area contributed by atoms with E-state index >= 15 is 0 Å². The number of amides is 3. The number of hydrogen-bond acceptors (Lipinski definition) is 4. The fourth-order valence-corrected chi connectivity index (χ4v) is 3.57. The molecule has 4 aromatic rings. The number of benzene rings is 4. The molecule has 0 atom stereocenters. The molecule has 0 aliphatic carbocycles. The van der Waals surface area contributed by atoms with Gasteiger partial charge in [0, 0.05) is 22.6 Å². The van der Waals surface area contributed by atoms with Crippen molar-refractivity contribution in [2.45, 2.75) is 6.92 Å². The Balaban J connectivity index is 1.50. The van der Waals surface area contributed by atoms with Gasteiger partial charge in [0.2, 0.25) is 5.91 Å². The Morgan fingerprint density at radius 1 is 0.771 bits per heavy atom. The zero-order valence-corrected chi connectivity index (χ0v) is 19.0. The fourth-order valence-electron chi connectivity index (χ4n) is 3.57. The maximum atomic E-state index is 12.8. The summed E-state index contributed by atoms with van der Waals surface area (Å²) in [7, 11) is 0. The number of carbonyl (C=O) groups is 3. The molecule has 7 nitrogen and oxygen atoms in total. The second kappa shape index (κ2) is 9.93. The third-order valence-electron chi connectivity index (χ3n) is 5.43. The lowest BCUT2D eigenvalue weighted by Crippen LogP contribution is -2.15. The van der Waals surface area contributed by atoms with Gasteiger partial charge in [0.25, 0.3) is 11.8 Å². The zero-order chi connectivity index (χ0) is 24.9. The van der Waals surface area contributed by atoms with E-state index in [1.165, 1.54) is 0 Å². The van der Waals surface area contributed by atoms with E-state index in [-0.39, 0.29) is 23.1 Å². The van der Waals surface area contributed by atoms with E-state index < -0.39 is 5.91 Å². The van der Waals surface area contributed by atoms with Crippen molar-refractivity contribution < 1.29 is 19.5 Å². The van der Waals surface area contributed by atoms with Gasteiger partial charge in [0.05, 0.1) is 5.56 Å². The highest BCUT2D eigenvalue weighted by Gasteiger charge is 2.14. The van der Waals surface area contributed by atoms with E-state index in [4.69, 9.17) is 0 Å². The molecule has 35 heavy (non-hydrogen) atoms. The van der Waals surface area contributed by atoms with Crippen LogP contribution in [0.25, 0.3) is 10.8 Å². The van der Waals surface area contributed by atoms with Gasteiger partial charge in [-0.3, -0.25) is 14.4 Å². The zero-order valence-electron chi connectivity index (χ0n) is 19.0. The van der Waals surface area contributed by atoms with E-state index in [1.54, 1.807) is 54.6 Å². The van der Waals surface area contributed by atoms with Crippen molar-refractivity contribution in [1.29, 1.82) is 0 Å². The highest BCUT2D eigenvalue weighted by Crippen LogP contribution is 2.26. The summed E-state index contributed by atoms with van der Waals surface area (Å²) in [6.45, 7) is 5.25. The number of phenolic OH excluding ortho intramolecular Hbond substituents is 1.